The van der Waals surface area contributed by atoms with Crippen molar-refractivity contribution < 1.29 is 28.9 Å². The summed E-state index contributed by atoms with van der Waals surface area (Å²) < 4.78 is 6.67. The molecule has 16 heteroatoms. The number of nitrogens with one attached hydrogen (secondary N) is 1. The van der Waals surface area contributed by atoms with Gasteiger partial charge in [0.1, 0.15) is 30.1 Å². The molecular formula is C23H21N7O5S4. The minimum absolute atomic E-state index is 0.0876. The van der Waals surface area contributed by atoms with Crippen LogP contribution in [0.25, 0.3) is 11.3 Å². The Bertz CT molecular complexity index is 1500. The highest BCUT2D eigenvalue weighted by Crippen LogP contribution is 2.45. The number of hydrogen-bond acceptors (Lipinski definition) is 13. The predicted octanol–water partition coefficient (Wildman–Crippen LogP) is 0.689. The molecule has 5 rings (SSSR count). The number of pyridine rings is 1. The summed E-state index contributed by atoms with van der Waals surface area (Å²) in [5.74, 6) is -2.33. The quantitative estimate of drug-likeness (QED) is 0.160. The maximum atomic E-state index is 13.1. The van der Waals surface area contributed by atoms with Crippen LogP contribution in [0.3, 0.4) is 0 Å². The fraction of sp³-hybridized carbons (Fsp3) is 0.304. The number of aromatic nitrogens is 4. The van der Waals surface area contributed by atoms with Crippen LogP contribution in [0, 0.1) is 6.92 Å². The van der Waals surface area contributed by atoms with E-state index in [1.807, 2.05) is 41.5 Å². The van der Waals surface area contributed by atoms with Gasteiger partial charge in [0.05, 0.1) is 17.4 Å². The van der Waals surface area contributed by atoms with Crippen LogP contribution in [-0.2, 0) is 26.3 Å². The summed E-state index contributed by atoms with van der Waals surface area (Å²) in [5, 5.41) is 20.5. The summed E-state index contributed by atoms with van der Waals surface area (Å²) in [4.78, 5) is 53.7. The zero-order valence-corrected chi connectivity index (χ0v) is 24.1. The van der Waals surface area contributed by atoms with Crippen LogP contribution in [-0.4, -0.2) is 66.5 Å². The number of rotatable bonds is 9. The zero-order valence-electron chi connectivity index (χ0n) is 20.8. The van der Waals surface area contributed by atoms with Crippen molar-refractivity contribution in [3.05, 3.63) is 51.3 Å². The monoisotopic (exact) mass is 603 g/mol. The van der Waals surface area contributed by atoms with E-state index in [-0.39, 0.29) is 23.8 Å². The van der Waals surface area contributed by atoms with Gasteiger partial charge in [0.15, 0.2) is 16.7 Å². The standard InChI is InChI=1S/C23H21N7O5S4/c1-4-35-27-15(18-24-11(2)39-28-18)19(31)26-16-20(32)30-17(22(33)34)14(10-36-21(16)30)38-23-25-13(9-37-23)12-5-7-29(3)8-6-12/h5-9,16,21H,4,10H2,1-3H3,(H-,26,31,33,34)/t16-,21?/m1/s1. The van der Waals surface area contributed by atoms with Gasteiger partial charge in [-0.05, 0) is 25.4 Å². The number of carboxylic acid groups (broad SMARTS) is 1. The van der Waals surface area contributed by atoms with E-state index < -0.39 is 29.2 Å². The molecule has 1 N–H and O–H groups in total. The number of thiazole rings is 1. The first-order chi connectivity index (χ1) is 18.8. The Hall–Kier alpha value is -3.34. The molecular weight excluding hydrogens is 583 g/mol. The third kappa shape index (κ3) is 5.54. The molecule has 202 valence electrons. The molecule has 39 heavy (non-hydrogen) atoms. The lowest BCUT2D eigenvalue weighted by Crippen LogP contribution is -2.71. The van der Waals surface area contributed by atoms with Crippen molar-refractivity contribution in [2.45, 2.75) is 29.6 Å². The fourth-order valence-corrected chi connectivity index (χ4v) is 7.72. The van der Waals surface area contributed by atoms with Gasteiger partial charge < -0.3 is 20.1 Å². The third-order valence-electron chi connectivity index (χ3n) is 5.62. The molecule has 5 heterocycles. The number of carboxylic acids is 1. The zero-order chi connectivity index (χ0) is 27.7. The highest BCUT2D eigenvalue weighted by molar-refractivity contribution is 8.07. The number of carbonyl (C=O) groups is 3. The second kappa shape index (κ2) is 11.4. The number of aliphatic carboxylic acids is 1. The number of oxime groups is 1. The molecule has 3 aromatic rings. The molecule has 2 aliphatic heterocycles. The van der Waals surface area contributed by atoms with Crippen molar-refractivity contribution in [1.29, 1.82) is 0 Å². The Morgan fingerprint density at radius 3 is 2.77 bits per heavy atom. The Morgan fingerprint density at radius 2 is 2.10 bits per heavy atom. The summed E-state index contributed by atoms with van der Waals surface area (Å²) in [7, 11) is 1.92. The summed E-state index contributed by atoms with van der Waals surface area (Å²) >= 11 is 5.03. The number of β-lactam (4-membered cyclic amide) rings is 1. The SMILES string of the molecule is CCON=C(C(=O)N[C@@H]1C(=O)N2C(C(=O)[O-])=C(Sc3nc(-c4cc[n+](C)cc4)cs3)CSC12)c1nsc(C)n1. The van der Waals surface area contributed by atoms with Gasteiger partial charge in [-0.2, -0.15) is 4.37 Å². The van der Waals surface area contributed by atoms with Gasteiger partial charge in [0.2, 0.25) is 11.5 Å². The van der Waals surface area contributed by atoms with Gasteiger partial charge in [-0.25, -0.2) is 14.5 Å². The normalized spacial score (nSPS) is 19.0. The Kier molecular flexibility index (Phi) is 7.97. The molecule has 2 amide bonds. The topological polar surface area (TPSA) is 154 Å². The van der Waals surface area contributed by atoms with E-state index in [0.29, 0.717) is 20.0 Å². The first-order valence-corrected chi connectivity index (χ1v) is 15.1. The van der Waals surface area contributed by atoms with Crippen LogP contribution in [0.4, 0.5) is 0 Å². The van der Waals surface area contributed by atoms with Gasteiger partial charge in [-0.3, -0.25) is 14.5 Å². The lowest BCUT2D eigenvalue weighted by molar-refractivity contribution is -0.671. The summed E-state index contributed by atoms with van der Waals surface area (Å²) in [6, 6.07) is 2.93. The Morgan fingerprint density at radius 1 is 1.33 bits per heavy atom. The molecule has 0 spiro atoms. The maximum absolute atomic E-state index is 13.1. The molecule has 1 fully saturated rings. The molecule has 0 saturated carbocycles. The number of aryl methyl sites for hydroxylation is 2. The van der Waals surface area contributed by atoms with Crippen LogP contribution in [0.15, 0.2) is 50.0 Å². The molecule has 2 aliphatic rings. The second-order valence-corrected chi connectivity index (χ2v) is 12.5. The molecule has 0 aromatic carbocycles. The molecule has 12 nitrogen and oxygen atoms in total. The fourth-order valence-electron chi connectivity index (χ4n) is 3.79. The first-order valence-electron chi connectivity index (χ1n) is 11.6. The van der Waals surface area contributed by atoms with E-state index in [4.69, 9.17) is 4.84 Å². The predicted molar refractivity (Wildman–Crippen MR) is 144 cm³/mol. The average Bonchev–Trinajstić information content (AvgIpc) is 3.56. The summed E-state index contributed by atoms with van der Waals surface area (Å²) in [6.45, 7) is 3.67. The van der Waals surface area contributed by atoms with Crippen molar-refractivity contribution in [1.82, 2.24) is 24.6 Å². The summed E-state index contributed by atoms with van der Waals surface area (Å²) in [5.41, 5.74) is 1.35. The molecule has 3 aromatic heterocycles. The van der Waals surface area contributed by atoms with E-state index in [9.17, 15) is 19.5 Å². The summed E-state index contributed by atoms with van der Waals surface area (Å²) in [6.07, 6.45) is 3.84. The van der Waals surface area contributed by atoms with E-state index in [2.05, 4.69) is 24.8 Å². The van der Waals surface area contributed by atoms with E-state index >= 15 is 0 Å². The molecule has 0 radical (unpaired) electrons. The van der Waals surface area contributed by atoms with Crippen LogP contribution in [0.5, 0.6) is 0 Å². The third-order valence-corrected chi connectivity index (χ3v) is 9.73. The highest BCUT2D eigenvalue weighted by Gasteiger charge is 2.53. The number of carbonyl (C=O) groups excluding carboxylic acids is 3. The largest absolute Gasteiger partial charge is 0.543 e. The number of fused-ring (bicyclic) bond motifs is 1. The average molecular weight is 604 g/mol. The van der Waals surface area contributed by atoms with Gasteiger partial charge in [0, 0.05) is 33.7 Å². The van der Waals surface area contributed by atoms with Gasteiger partial charge in [-0.15, -0.1) is 23.1 Å². The molecule has 1 unspecified atom stereocenters. The minimum Gasteiger partial charge on any atom is -0.543 e. The van der Waals surface area contributed by atoms with Crippen LogP contribution >= 0.6 is 46.4 Å². The van der Waals surface area contributed by atoms with Crippen molar-refractivity contribution in [3.8, 4) is 11.3 Å². The second-order valence-electron chi connectivity index (χ2n) is 8.27. The number of hydrogen-bond donors (Lipinski definition) is 1. The van der Waals surface area contributed by atoms with Crippen LogP contribution in [0.1, 0.15) is 17.8 Å². The van der Waals surface area contributed by atoms with Crippen molar-refractivity contribution in [2.24, 2.45) is 12.2 Å². The molecule has 0 aliphatic carbocycles. The smallest absolute Gasteiger partial charge is 0.278 e. The lowest BCUT2D eigenvalue weighted by atomic mass is 10.0. The van der Waals surface area contributed by atoms with E-state index in [0.717, 1.165) is 27.7 Å². The van der Waals surface area contributed by atoms with Crippen molar-refractivity contribution >= 4 is 69.9 Å². The van der Waals surface area contributed by atoms with E-state index in [1.54, 1.807) is 13.8 Å². The van der Waals surface area contributed by atoms with Crippen LogP contribution < -0.4 is 15.0 Å². The molecule has 2 atom stereocenters. The lowest BCUT2D eigenvalue weighted by Gasteiger charge is -2.50. The van der Waals surface area contributed by atoms with Crippen molar-refractivity contribution in [2.75, 3.05) is 12.4 Å². The minimum atomic E-state index is -1.46. The first kappa shape index (κ1) is 27.2. The maximum Gasteiger partial charge on any atom is 0.278 e. The highest BCUT2D eigenvalue weighted by atomic mass is 32.2. The number of amides is 2. The van der Waals surface area contributed by atoms with Gasteiger partial charge >= 0.3 is 0 Å². The van der Waals surface area contributed by atoms with Gasteiger partial charge in [0.25, 0.3) is 11.8 Å². The van der Waals surface area contributed by atoms with Gasteiger partial charge in [-0.1, -0.05) is 16.9 Å². The Labute approximate surface area is 239 Å². The number of nitrogens with zero attached hydrogens (tertiary/aromatic N) is 6. The van der Waals surface area contributed by atoms with Crippen molar-refractivity contribution in [3.63, 3.8) is 0 Å². The molecule has 0 bridgehead atoms. The molecule has 1 saturated heterocycles. The van der Waals surface area contributed by atoms with Crippen LogP contribution in [0.2, 0.25) is 0 Å². The van der Waals surface area contributed by atoms with E-state index in [1.165, 1.54) is 34.9 Å². The number of thioether (sulfide) groups is 2. The Balaban J connectivity index is 1.32.